The second-order valence-electron chi connectivity index (χ2n) is 4.48. The fourth-order valence-electron chi connectivity index (χ4n) is 2.80. The Bertz CT molecular complexity index is 148. The van der Waals surface area contributed by atoms with Gasteiger partial charge in [-0.25, -0.2) is 0 Å². The van der Waals surface area contributed by atoms with Gasteiger partial charge in [0.25, 0.3) is 0 Å². The molecule has 0 amide bonds. The van der Waals surface area contributed by atoms with Crippen LogP contribution < -0.4 is 5.32 Å². The zero-order chi connectivity index (χ0) is 7.41. The van der Waals surface area contributed by atoms with Gasteiger partial charge in [-0.15, -0.1) is 0 Å². The predicted molar refractivity (Wildman–Crippen MR) is 42.9 cm³/mol. The van der Waals surface area contributed by atoms with E-state index in [0.717, 1.165) is 5.92 Å². The third-order valence-electron chi connectivity index (χ3n) is 4.45. The van der Waals surface area contributed by atoms with E-state index >= 15 is 0 Å². The highest BCUT2D eigenvalue weighted by atomic mass is 15.0. The minimum absolute atomic E-state index is 0.630. The third kappa shape index (κ3) is 0.493. The van der Waals surface area contributed by atoms with Crippen LogP contribution >= 0.6 is 0 Å². The predicted octanol–water partition coefficient (Wildman–Crippen LogP) is 1.64. The van der Waals surface area contributed by atoms with Gasteiger partial charge < -0.3 is 5.32 Å². The number of hydrogen-bond acceptors (Lipinski definition) is 1. The molecule has 0 bridgehead atoms. The Labute approximate surface area is 63.2 Å². The zero-order valence-corrected chi connectivity index (χ0v) is 7.20. The molecule has 1 heteroatoms. The van der Waals surface area contributed by atoms with Crippen LogP contribution in [0.15, 0.2) is 0 Å². The summed E-state index contributed by atoms with van der Waals surface area (Å²) in [7, 11) is 0. The SMILES string of the molecule is CC1C2(C)CCNCC12C. The molecule has 1 N–H and O–H groups in total. The molecule has 2 fully saturated rings. The van der Waals surface area contributed by atoms with Crippen LogP contribution in [0.4, 0.5) is 0 Å². The summed E-state index contributed by atoms with van der Waals surface area (Å²) in [5.41, 5.74) is 1.31. The number of rotatable bonds is 0. The van der Waals surface area contributed by atoms with Crippen molar-refractivity contribution in [3.63, 3.8) is 0 Å². The molecule has 3 unspecified atom stereocenters. The van der Waals surface area contributed by atoms with Crippen molar-refractivity contribution in [3.8, 4) is 0 Å². The summed E-state index contributed by atoms with van der Waals surface area (Å²) in [6, 6.07) is 0. The van der Waals surface area contributed by atoms with Crippen molar-refractivity contribution in [1.29, 1.82) is 0 Å². The molecule has 1 heterocycles. The first-order valence-corrected chi connectivity index (χ1v) is 4.32. The van der Waals surface area contributed by atoms with Crippen LogP contribution in [0.2, 0.25) is 0 Å². The van der Waals surface area contributed by atoms with Crippen LogP contribution in [0.5, 0.6) is 0 Å². The molecular weight excluding hydrogens is 122 g/mol. The van der Waals surface area contributed by atoms with E-state index in [1.54, 1.807) is 0 Å². The molecule has 1 saturated heterocycles. The molecular formula is C9H17N. The molecule has 0 aromatic heterocycles. The highest BCUT2D eigenvalue weighted by molar-refractivity contribution is 5.17. The lowest BCUT2D eigenvalue weighted by atomic mass is 9.90. The molecule has 0 aromatic carbocycles. The minimum atomic E-state index is 0.630. The van der Waals surface area contributed by atoms with E-state index in [0.29, 0.717) is 10.8 Å². The Kier molecular flexibility index (Phi) is 1.05. The summed E-state index contributed by atoms with van der Waals surface area (Å²) in [5.74, 6) is 0.940. The van der Waals surface area contributed by atoms with Crippen molar-refractivity contribution in [2.24, 2.45) is 16.7 Å². The maximum absolute atomic E-state index is 3.47. The average Bonchev–Trinajstić information content (AvgIpc) is 2.35. The van der Waals surface area contributed by atoms with Gasteiger partial charge in [0.15, 0.2) is 0 Å². The number of nitrogens with one attached hydrogen (secondary N) is 1. The normalized spacial score (nSPS) is 59.7. The first-order chi connectivity index (χ1) is 4.61. The summed E-state index contributed by atoms with van der Waals surface area (Å²) in [5, 5.41) is 3.47. The van der Waals surface area contributed by atoms with E-state index in [4.69, 9.17) is 0 Å². The van der Waals surface area contributed by atoms with Crippen LogP contribution in [0.25, 0.3) is 0 Å². The molecule has 0 aromatic rings. The maximum Gasteiger partial charge on any atom is 0.00133 e. The van der Waals surface area contributed by atoms with Gasteiger partial charge in [0, 0.05) is 6.54 Å². The Morgan fingerprint density at radius 1 is 1.30 bits per heavy atom. The lowest BCUT2D eigenvalue weighted by Crippen LogP contribution is -2.33. The van der Waals surface area contributed by atoms with Gasteiger partial charge in [0.05, 0.1) is 0 Å². The minimum Gasteiger partial charge on any atom is -0.316 e. The lowest BCUT2D eigenvalue weighted by Gasteiger charge is -2.24. The van der Waals surface area contributed by atoms with E-state index in [1.165, 1.54) is 19.5 Å². The van der Waals surface area contributed by atoms with Crippen LogP contribution in [-0.4, -0.2) is 13.1 Å². The molecule has 3 atom stereocenters. The van der Waals surface area contributed by atoms with Crippen LogP contribution in [0, 0.1) is 16.7 Å². The van der Waals surface area contributed by atoms with E-state index in [-0.39, 0.29) is 0 Å². The molecule has 0 spiro atoms. The number of piperidine rings is 1. The van der Waals surface area contributed by atoms with Crippen molar-refractivity contribution in [3.05, 3.63) is 0 Å². The summed E-state index contributed by atoms with van der Waals surface area (Å²) in [4.78, 5) is 0. The van der Waals surface area contributed by atoms with Crippen molar-refractivity contribution >= 4 is 0 Å². The van der Waals surface area contributed by atoms with Crippen molar-refractivity contribution in [2.45, 2.75) is 27.2 Å². The summed E-state index contributed by atoms with van der Waals surface area (Å²) in [6.45, 7) is 9.73. The Hall–Kier alpha value is -0.0400. The van der Waals surface area contributed by atoms with E-state index < -0.39 is 0 Å². The van der Waals surface area contributed by atoms with Crippen molar-refractivity contribution in [1.82, 2.24) is 5.32 Å². The molecule has 1 saturated carbocycles. The molecule has 58 valence electrons. The fraction of sp³-hybridized carbons (Fsp3) is 1.00. The maximum atomic E-state index is 3.47. The van der Waals surface area contributed by atoms with Gasteiger partial charge in [-0.3, -0.25) is 0 Å². The van der Waals surface area contributed by atoms with Crippen LogP contribution in [0.3, 0.4) is 0 Å². The van der Waals surface area contributed by atoms with E-state index in [2.05, 4.69) is 26.1 Å². The number of hydrogen-bond donors (Lipinski definition) is 1. The Balaban J connectivity index is 2.22. The second-order valence-corrected chi connectivity index (χ2v) is 4.48. The van der Waals surface area contributed by atoms with E-state index in [1.807, 2.05) is 0 Å². The summed E-state index contributed by atoms with van der Waals surface area (Å²) >= 11 is 0. The molecule has 1 nitrogen and oxygen atoms in total. The molecule has 0 radical (unpaired) electrons. The van der Waals surface area contributed by atoms with Gasteiger partial charge in [-0.1, -0.05) is 20.8 Å². The third-order valence-corrected chi connectivity index (χ3v) is 4.45. The highest BCUT2D eigenvalue weighted by Gasteiger charge is 2.68. The average molecular weight is 139 g/mol. The van der Waals surface area contributed by atoms with Gasteiger partial charge in [0.1, 0.15) is 0 Å². The van der Waals surface area contributed by atoms with Crippen LogP contribution in [-0.2, 0) is 0 Å². The quantitative estimate of drug-likeness (QED) is 0.538. The highest BCUT2D eigenvalue weighted by Crippen LogP contribution is 2.71. The Morgan fingerprint density at radius 2 is 2.00 bits per heavy atom. The molecule has 1 aliphatic heterocycles. The van der Waals surface area contributed by atoms with Crippen LogP contribution in [0.1, 0.15) is 27.2 Å². The molecule has 2 rings (SSSR count). The molecule has 10 heavy (non-hydrogen) atoms. The number of fused-ring (bicyclic) bond motifs is 1. The van der Waals surface area contributed by atoms with Crippen molar-refractivity contribution in [2.75, 3.05) is 13.1 Å². The monoisotopic (exact) mass is 139 g/mol. The summed E-state index contributed by atoms with van der Waals surface area (Å²) in [6.07, 6.45) is 1.38. The summed E-state index contributed by atoms with van der Waals surface area (Å²) < 4.78 is 0. The molecule has 2 aliphatic rings. The standard InChI is InChI=1S/C9H17N/c1-7-8(2)4-5-10-6-9(7,8)3/h7,10H,4-6H2,1-3H3. The lowest BCUT2D eigenvalue weighted by molar-refractivity contribution is 0.295. The second kappa shape index (κ2) is 1.58. The van der Waals surface area contributed by atoms with Gasteiger partial charge >= 0.3 is 0 Å². The first kappa shape index (κ1) is 6.66. The van der Waals surface area contributed by atoms with Gasteiger partial charge in [-0.2, -0.15) is 0 Å². The smallest absolute Gasteiger partial charge is 0.00133 e. The van der Waals surface area contributed by atoms with E-state index in [9.17, 15) is 0 Å². The van der Waals surface area contributed by atoms with Crippen molar-refractivity contribution < 1.29 is 0 Å². The fourth-order valence-corrected chi connectivity index (χ4v) is 2.80. The first-order valence-electron chi connectivity index (χ1n) is 4.32. The largest absolute Gasteiger partial charge is 0.316 e. The zero-order valence-electron chi connectivity index (χ0n) is 7.20. The molecule has 1 aliphatic carbocycles. The van der Waals surface area contributed by atoms with Gasteiger partial charge in [0.2, 0.25) is 0 Å². The van der Waals surface area contributed by atoms with Gasteiger partial charge in [-0.05, 0) is 29.7 Å². The topological polar surface area (TPSA) is 12.0 Å². The Morgan fingerprint density at radius 3 is 2.40 bits per heavy atom.